The number of carbonyl (C=O) groups excluding carboxylic acids is 1. The van der Waals surface area contributed by atoms with Crippen LogP contribution in [0.25, 0.3) is 21.9 Å². The highest BCUT2D eigenvalue weighted by Crippen LogP contribution is 2.32. The van der Waals surface area contributed by atoms with Crippen molar-refractivity contribution in [1.82, 2.24) is 4.98 Å². The first kappa shape index (κ1) is 19.7. The second-order valence-corrected chi connectivity index (χ2v) is 6.77. The number of amides is 2. The summed E-state index contributed by atoms with van der Waals surface area (Å²) in [5.74, 6) is -1.03. The first-order valence-electron chi connectivity index (χ1n) is 9.27. The van der Waals surface area contributed by atoms with Crippen molar-refractivity contribution in [3.05, 3.63) is 88.8 Å². The van der Waals surface area contributed by atoms with Gasteiger partial charge in [-0.2, -0.15) is 0 Å². The second kappa shape index (κ2) is 8.03. The van der Waals surface area contributed by atoms with Gasteiger partial charge >= 0.3 is 12.0 Å². The van der Waals surface area contributed by atoms with Crippen molar-refractivity contribution in [1.29, 1.82) is 0 Å². The smallest absolute Gasteiger partial charge is 0.335 e. The van der Waals surface area contributed by atoms with Crippen LogP contribution in [0.15, 0.2) is 77.7 Å². The number of aromatic carboxylic acids is 1. The molecule has 4 rings (SSSR count). The molecule has 0 saturated carbocycles. The third-order valence-corrected chi connectivity index (χ3v) is 4.75. The largest absolute Gasteiger partial charge is 0.507 e. The number of pyridine rings is 1. The second-order valence-electron chi connectivity index (χ2n) is 6.77. The number of benzene rings is 3. The quantitative estimate of drug-likeness (QED) is 0.340. The Morgan fingerprint density at radius 2 is 1.45 bits per heavy atom. The first-order chi connectivity index (χ1) is 14.9. The SMILES string of the molecule is O=C(Nc1ccc(C(=O)O)cc1)Nc1ccc(-c2c[nH]c(=O)c3cccc(O)c23)cc1. The number of aromatic hydroxyl groups is 1. The molecule has 8 nitrogen and oxygen atoms in total. The highest BCUT2D eigenvalue weighted by atomic mass is 16.4. The molecule has 1 heterocycles. The predicted octanol–water partition coefficient (Wildman–Crippen LogP) is 4.24. The molecule has 31 heavy (non-hydrogen) atoms. The third-order valence-electron chi connectivity index (χ3n) is 4.75. The van der Waals surface area contributed by atoms with E-state index in [9.17, 15) is 19.5 Å². The molecular formula is C23H17N3O5. The highest BCUT2D eigenvalue weighted by molar-refractivity contribution is 6.02. The van der Waals surface area contributed by atoms with E-state index >= 15 is 0 Å². The molecule has 0 unspecified atom stereocenters. The topological polar surface area (TPSA) is 132 Å². The fourth-order valence-electron chi connectivity index (χ4n) is 3.25. The number of phenols is 1. The summed E-state index contributed by atoms with van der Waals surface area (Å²) in [6, 6.07) is 17.0. The van der Waals surface area contributed by atoms with Crippen LogP contribution in [-0.4, -0.2) is 27.2 Å². The molecule has 2 amide bonds. The number of carboxylic acid groups (broad SMARTS) is 1. The van der Waals surface area contributed by atoms with Gasteiger partial charge in [0.2, 0.25) is 0 Å². The lowest BCUT2D eigenvalue weighted by Gasteiger charge is -2.10. The number of hydrogen-bond donors (Lipinski definition) is 5. The molecule has 1 aromatic heterocycles. The van der Waals surface area contributed by atoms with Crippen LogP contribution in [0.3, 0.4) is 0 Å². The number of aromatic nitrogens is 1. The van der Waals surface area contributed by atoms with E-state index in [0.29, 0.717) is 27.7 Å². The van der Waals surface area contributed by atoms with Gasteiger partial charge in [-0.3, -0.25) is 4.79 Å². The molecule has 8 heteroatoms. The molecule has 0 atom stereocenters. The zero-order valence-electron chi connectivity index (χ0n) is 16.0. The Labute approximate surface area is 175 Å². The minimum Gasteiger partial charge on any atom is -0.507 e. The van der Waals surface area contributed by atoms with Crippen LogP contribution >= 0.6 is 0 Å². The molecule has 3 aromatic carbocycles. The summed E-state index contributed by atoms with van der Waals surface area (Å²) in [5.41, 5.74) is 2.22. The van der Waals surface area contributed by atoms with Crippen molar-refractivity contribution in [3.8, 4) is 16.9 Å². The zero-order chi connectivity index (χ0) is 22.0. The normalized spacial score (nSPS) is 10.6. The monoisotopic (exact) mass is 415 g/mol. The van der Waals surface area contributed by atoms with Crippen molar-refractivity contribution in [2.75, 3.05) is 10.6 Å². The number of fused-ring (bicyclic) bond motifs is 1. The van der Waals surface area contributed by atoms with E-state index in [0.717, 1.165) is 5.56 Å². The van der Waals surface area contributed by atoms with E-state index in [4.69, 9.17) is 5.11 Å². The Kier molecular flexibility index (Phi) is 5.11. The van der Waals surface area contributed by atoms with E-state index in [1.54, 1.807) is 42.6 Å². The Morgan fingerprint density at radius 1 is 0.839 bits per heavy atom. The van der Waals surface area contributed by atoms with Gasteiger partial charge in [0.25, 0.3) is 5.56 Å². The van der Waals surface area contributed by atoms with E-state index in [1.165, 1.54) is 30.3 Å². The van der Waals surface area contributed by atoms with Crippen LogP contribution in [0.4, 0.5) is 16.2 Å². The van der Waals surface area contributed by atoms with Gasteiger partial charge in [0, 0.05) is 28.5 Å². The number of aromatic amines is 1. The summed E-state index contributed by atoms with van der Waals surface area (Å²) in [4.78, 5) is 37.8. The summed E-state index contributed by atoms with van der Waals surface area (Å²) < 4.78 is 0. The summed E-state index contributed by atoms with van der Waals surface area (Å²) in [5, 5.41) is 25.3. The number of carbonyl (C=O) groups is 2. The van der Waals surface area contributed by atoms with E-state index < -0.39 is 12.0 Å². The highest BCUT2D eigenvalue weighted by Gasteiger charge is 2.11. The van der Waals surface area contributed by atoms with Gasteiger partial charge < -0.3 is 25.8 Å². The van der Waals surface area contributed by atoms with Crippen molar-refractivity contribution in [3.63, 3.8) is 0 Å². The Balaban J connectivity index is 1.52. The van der Waals surface area contributed by atoms with E-state index in [2.05, 4.69) is 15.6 Å². The molecule has 4 aromatic rings. The number of carboxylic acids is 1. The number of rotatable bonds is 4. The van der Waals surface area contributed by atoms with E-state index in [1.807, 2.05) is 0 Å². The van der Waals surface area contributed by atoms with Gasteiger partial charge in [0.15, 0.2) is 0 Å². The average molecular weight is 415 g/mol. The van der Waals surface area contributed by atoms with Crippen LogP contribution in [0.5, 0.6) is 5.75 Å². The maximum atomic E-state index is 12.2. The lowest BCUT2D eigenvalue weighted by Crippen LogP contribution is -2.19. The Morgan fingerprint density at radius 3 is 2.06 bits per heavy atom. The molecule has 5 N–H and O–H groups in total. The Hall–Kier alpha value is -4.59. The van der Waals surface area contributed by atoms with Gasteiger partial charge in [-0.05, 0) is 54.1 Å². The van der Waals surface area contributed by atoms with Crippen LogP contribution in [0, 0.1) is 0 Å². The van der Waals surface area contributed by atoms with Crippen LogP contribution in [0.1, 0.15) is 10.4 Å². The van der Waals surface area contributed by atoms with Crippen LogP contribution in [-0.2, 0) is 0 Å². The molecular weight excluding hydrogens is 398 g/mol. The van der Waals surface area contributed by atoms with Gasteiger partial charge in [-0.25, -0.2) is 9.59 Å². The molecule has 0 radical (unpaired) electrons. The van der Waals surface area contributed by atoms with Crippen molar-refractivity contribution in [2.24, 2.45) is 0 Å². The standard InChI is InChI=1S/C23H17N3O5/c27-19-3-1-2-17-20(19)18(12-24-21(17)28)13-4-8-15(9-5-13)25-23(31)26-16-10-6-14(7-11-16)22(29)30/h1-12,27H,(H,24,28)(H,29,30)(H2,25,26,31). The number of hydrogen-bond acceptors (Lipinski definition) is 4. The maximum absolute atomic E-state index is 12.2. The molecule has 0 aliphatic carbocycles. The Bertz CT molecular complexity index is 1340. The number of H-pyrrole nitrogens is 1. The average Bonchev–Trinajstić information content (AvgIpc) is 2.75. The van der Waals surface area contributed by atoms with Gasteiger partial charge in [-0.15, -0.1) is 0 Å². The lowest BCUT2D eigenvalue weighted by atomic mass is 10.00. The third kappa shape index (κ3) is 4.08. The number of urea groups is 1. The lowest BCUT2D eigenvalue weighted by molar-refractivity contribution is 0.0697. The summed E-state index contributed by atoms with van der Waals surface area (Å²) in [7, 11) is 0. The minimum absolute atomic E-state index is 0.00842. The van der Waals surface area contributed by atoms with E-state index in [-0.39, 0.29) is 16.9 Å². The van der Waals surface area contributed by atoms with Crippen molar-refractivity contribution < 1.29 is 19.8 Å². The number of phenolic OH excluding ortho intramolecular Hbond substituents is 1. The molecule has 0 aliphatic heterocycles. The molecule has 0 bridgehead atoms. The fourth-order valence-corrected chi connectivity index (χ4v) is 3.25. The fraction of sp³-hybridized carbons (Fsp3) is 0. The molecule has 0 spiro atoms. The molecule has 154 valence electrons. The van der Waals surface area contributed by atoms with Crippen LogP contribution < -0.4 is 16.2 Å². The summed E-state index contributed by atoms with van der Waals surface area (Å²) in [6.45, 7) is 0. The minimum atomic E-state index is -1.04. The van der Waals surface area contributed by atoms with Crippen molar-refractivity contribution in [2.45, 2.75) is 0 Å². The summed E-state index contributed by atoms with van der Waals surface area (Å²) in [6.07, 6.45) is 1.54. The van der Waals surface area contributed by atoms with Gasteiger partial charge in [-0.1, -0.05) is 18.2 Å². The molecule has 0 aliphatic rings. The summed E-state index contributed by atoms with van der Waals surface area (Å²) >= 11 is 0. The number of nitrogens with one attached hydrogen (secondary N) is 3. The van der Waals surface area contributed by atoms with Gasteiger partial charge in [0.1, 0.15) is 5.75 Å². The maximum Gasteiger partial charge on any atom is 0.335 e. The first-order valence-corrected chi connectivity index (χ1v) is 9.27. The number of anilines is 2. The van der Waals surface area contributed by atoms with Crippen molar-refractivity contribution >= 4 is 34.1 Å². The van der Waals surface area contributed by atoms with Crippen LogP contribution in [0.2, 0.25) is 0 Å². The molecule has 0 saturated heterocycles. The van der Waals surface area contributed by atoms with Gasteiger partial charge in [0.05, 0.1) is 10.9 Å². The zero-order valence-corrected chi connectivity index (χ0v) is 16.0. The molecule has 0 fully saturated rings. The predicted molar refractivity (Wildman–Crippen MR) is 118 cm³/mol.